The van der Waals surface area contributed by atoms with E-state index in [1.165, 1.54) is 17.7 Å². The minimum absolute atomic E-state index is 0.724. The van der Waals surface area contributed by atoms with Gasteiger partial charge in [0, 0.05) is 12.2 Å². The lowest BCUT2D eigenvalue weighted by Crippen LogP contribution is -2.26. The van der Waals surface area contributed by atoms with Crippen molar-refractivity contribution in [1.82, 2.24) is 4.98 Å². The number of hydrogen-bond acceptors (Lipinski definition) is 3. The summed E-state index contributed by atoms with van der Waals surface area (Å²) in [6.45, 7) is 3.09. The van der Waals surface area contributed by atoms with Crippen LogP contribution >= 0.6 is 0 Å². The summed E-state index contributed by atoms with van der Waals surface area (Å²) in [6, 6.07) is 10.6. The maximum absolute atomic E-state index is 5.77. The third-order valence-electron chi connectivity index (χ3n) is 3.44. The molecule has 1 aliphatic heterocycles. The van der Waals surface area contributed by atoms with Gasteiger partial charge in [-0.15, -0.1) is 0 Å². The number of pyridine rings is 1. The Morgan fingerprint density at radius 2 is 2.11 bits per heavy atom. The van der Waals surface area contributed by atoms with Gasteiger partial charge >= 0.3 is 0 Å². The molecule has 2 heterocycles. The van der Waals surface area contributed by atoms with Gasteiger partial charge in [-0.1, -0.05) is 18.2 Å². The van der Waals surface area contributed by atoms with Crippen LogP contribution in [0.4, 0.5) is 17.2 Å². The summed E-state index contributed by atoms with van der Waals surface area (Å²) in [4.78, 5) is 6.80. The standard InChI is InChI=1S/C15H17N3/c1-11-9-13(16)10-17-15(11)18-8-4-6-12-5-2-3-7-14(12)18/h2-3,5,7,9-10H,4,6,8,16H2,1H3. The molecular formula is C15H17N3. The van der Waals surface area contributed by atoms with E-state index in [0.29, 0.717) is 0 Å². The molecule has 1 aliphatic rings. The molecule has 2 aromatic rings. The molecule has 0 saturated carbocycles. The van der Waals surface area contributed by atoms with E-state index in [2.05, 4.69) is 41.1 Å². The van der Waals surface area contributed by atoms with Crippen LogP contribution in [-0.2, 0) is 6.42 Å². The highest BCUT2D eigenvalue weighted by atomic mass is 15.2. The van der Waals surface area contributed by atoms with Crippen LogP contribution in [0.25, 0.3) is 0 Å². The predicted molar refractivity (Wildman–Crippen MR) is 75.2 cm³/mol. The second-order valence-electron chi connectivity index (χ2n) is 4.79. The molecule has 3 nitrogen and oxygen atoms in total. The second-order valence-corrected chi connectivity index (χ2v) is 4.79. The summed E-state index contributed by atoms with van der Waals surface area (Å²) in [7, 11) is 0. The first-order chi connectivity index (χ1) is 8.75. The number of para-hydroxylation sites is 1. The fourth-order valence-corrected chi connectivity index (χ4v) is 2.63. The van der Waals surface area contributed by atoms with Gasteiger partial charge in [-0.3, -0.25) is 0 Å². The van der Waals surface area contributed by atoms with Crippen LogP contribution in [0.15, 0.2) is 36.5 Å². The molecule has 0 aliphatic carbocycles. The van der Waals surface area contributed by atoms with Gasteiger partial charge in [-0.2, -0.15) is 0 Å². The molecule has 3 rings (SSSR count). The van der Waals surface area contributed by atoms with E-state index in [-0.39, 0.29) is 0 Å². The number of rotatable bonds is 1. The summed E-state index contributed by atoms with van der Waals surface area (Å²) < 4.78 is 0. The average molecular weight is 239 g/mol. The molecule has 0 saturated heterocycles. The highest BCUT2D eigenvalue weighted by molar-refractivity contribution is 5.68. The monoisotopic (exact) mass is 239 g/mol. The van der Waals surface area contributed by atoms with Gasteiger partial charge in [0.1, 0.15) is 5.82 Å². The first kappa shape index (κ1) is 11.1. The topological polar surface area (TPSA) is 42.1 Å². The maximum atomic E-state index is 5.77. The lowest BCUT2D eigenvalue weighted by Gasteiger charge is -2.31. The molecule has 92 valence electrons. The zero-order chi connectivity index (χ0) is 12.5. The van der Waals surface area contributed by atoms with E-state index < -0.39 is 0 Å². The molecule has 18 heavy (non-hydrogen) atoms. The Labute approximate surface area is 107 Å². The van der Waals surface area contributed by atoms with E-state index in [1.54, 1.807) is 6.20 Å². The van der Waals surface area contributed by atoms with E-state index in [9.17, 15) is 0 Å². The largest absolute Gasteiger partial charge is 0.397 e. The Balaban J connectivity index is 2.08. The first-order valence-corrected chi connectivity index (χ1v) is 6.33. The quantitative estimate of drug-likeness (QED) is 0.831. The predicted octanol–water partition coefficient (Wildman–Crippen LogP) is 3.06. The number of hydrogen-bond donors (Lipinski definition) is 1. The number of aromatic nitrogens is 1. The molecule has 3 heteroatoms. The maximum Gasteiger partial charge on any atom is 0.136 e. The Morgan fingerprint density at radius 1 is 1.28 bits per heavy atom. The fraction of sp³-hybridized carbons (Fsp3) is 0.267. The smallest absolute Gasteiger partial charge is 0.136 e. The van der Waals surface area contributed by atoms with Crippen molar-refractivity contribution in [3.8, 4) is 0 Å². The average Bonchev–Trinajstić information content (AvgIpc) is 2.38. The molecule has 0 radical (unpaired) electrons. The van der Waals surface area contributed by atoms with Crippen molar-refractivity contribution in [3.63, 3.8) is 0 Å². The molecule has 0 atom stereocenters. The Hall–Kier alpha value is -2.03. The van der Waals surface area contributed by atoms with Crippen LogP contribution in [0.1, 0.15) is 17.5 Å². The van der Waals surface area contributed by atoms with Crippen molar-refractivity contribution >= 4 is 17.2 Å². The molecule has 1 aromatic carbocycles. The van der Waals surface area contributed by atoms with E-state index in [4.69, 9.17) is 5.73 Å². The van der Waals surface area contributed by atoms with Crippen LogP contribution < -0.4 is 10.6 Å². The number of nitrogen functional groups attached to an aromatic ring is 1. The minimum atomic E-state index is 0.724. The Bertz CT molecular complexity index is 578. The fourth-order valence-electron chi connectivity index (χ4n) is 2.63. The van der Waals surface area contributed by atoms with Gasteiger partial charge in [-0.25, -0.2) is 4.98 Å². The summed E-state index contributed by atoms with van der Waals surface area (Å²) in [5.74, 6) is 1.02. The number of fused-ring (bicyclic) bond motifs is 1. The Kier molecular flexibility index (Phi) is 2.67. The summed E-state index contributed by atoms with van der Waals surface area (Å²) >= 11 is 0. The highest BCUT2D eigenvalue weighted by Gasteiger charge is 2.19. The lowest BCUT2D eigenvalue weighted by molar-refractivity contribution is 0.758. The van der Waals surface area contributed by atoms with Crippen LogP contribution in [0, 0.1) is 6.92 Å². The molecule has 0 bridgehead atoms. The molecule has 0 unspecified atom stereocenters. The van der Waals surface area contributed by atoms with Crippen LogP contribution in [0.3, 0.4) is 0 Å². The van der Waals surface area contributed by atoms with Crippen LogP contribution in [0.2, 0.25) is 0 Å². The van der Waals surface area contributed by atoms with Gasteiger partial charge in [-0.05, 0) is 43.0 Å². The van der Waals surface area contributed by atoms with Gasteiger partial charge < -0.3 is 10.6 Å². The van der Waals surface area contributed by atoms with E-state index in [0.717, 1.165) is 30.0 Å². The number of nitrogens with zero attached hydrogens (tertiary/aromatic N) is 2. The van der Waals surface area contributed by atoms with Crippen molar-refractivity contribution < 1.29 is 0 Å². The zero-order valence-electron chi connectivity index (χ0n) is 10.6. The van der Waals surface area contributed by atoms with Crippen molar-refractivity contribution in [3.05, 3.63) is 47.7 Å². The Morgan fingerprint density at radius 3 is 2.94 bits per heavy atom. The summed E-state index contributed by atoms with van der Waals surface area (Å²) in [5.41, 5.74) is 10.3. The number of nitrogens with two attached hydrogens (primary N) is 1. The summed E-state index contributed by atoms with van der Waals surface area (Å²) in [6.07, 6.45) is 4.06. The SMILES string of the molecule is Cc1cc(N)cnc1N1CCCc2ccccc21. The van der Waals surface area contributed by atoms with Crippen LogP contribution in [0.5, 0.6) is 0 Å². The molecule has 0 fully saturated rings. The van der Waals surface area contributed by atoms with Gasteiger partial charge in [0.25, 0.3) is 0 Å². The highest BCUT2D eigenvalue weighted by Crippen LogP contribution is 2.33. The van der Waals surface area contributed by atoms with E-state index >= 15 is 0 Å². The van der Waals surface area contributed by atoms with Crippen molar-refractivity contribution in [2.24, 2.45) is 0 Å². The normalized spacial score (nSPS) is 14.4. The molecule has 0 spiro atoms. The van der Waals surface area contributed by atoms with E-state index in [1.807, 2.05) is 6.07 Å². The lowest BCUT2D eigenvalue weighted by atomic mass is 10.0. The third-order valence-corrected chi connectivity index (χ3v) is 3.44. The number of benzene rings is 1. The number of anilines is 3. The molecular weight excluding hydrogens is 222 g/mol. The number of aryl methyl sites for hydroxylation is 2. The third kappa shape index (κ3) is 1.82. The molecule has 0 amide bonds. The molecule has 1 aromatic heterocycles. The summed E-state index contributed by atoms with van der Waals surface area (Å²) in [5, 5.41) is 0. The zero-order valence-corrected chi connectivity index (χ0v) is 10.6. The van der Waals surface area contributed by atoms with Gasteiger partial charge in [0.15, 0.2) is 0 Å². The van der Waals surface area contributed by atoms with Crippen LogP contribution in [-0.4, -0.2) is 11.5 Å². The van der Waals surface area contributed by atoms with Crippen molar-refractivity contribution in [1.29, 1.82) is 0 Å². The first-order valence-electron chi connectivity index (χ1n) is 6.33. The molecule has 2 N–H and O–H groups in total. The van der Waals surface area contributed by atoms with Crippen molar-refractivity contribution in [2.75, 3.05) is 17.2 Å². The van der Waals surface area contributed by atoms with Crippen molar-refractivity contribution in [2.45, 2.75) is 19.8 Å². The van der Waals surface area contributed by atoms with Gasteiger partial charge in [0.05, 0.1) is 11.9 Å². The van der Waals surface area contributed by atoms with Gasteiger partial charge in [0.2, 0.25) is 0 Å². The second kappa shape index (κ2) is 4.33. The minimum Gasteiger partial charge on any atom is -0.397 e.